The smallest absolute Gasteiger partial charge is 0.314 e. The van der Waals surface area contributed by atoms with Gasteiger partial charge in [-0.3, -0.25) is 10.1 Å². The lowest BCUT2D eigenvalue weighted by Crippen LogP contribution is -1.94. The third-order valence-electron chi connectivity index (χ3n) is 2.75. The lowest BCUT2D eigenvalue weighted by molar-refractivity contribution is -0.385. The van der Waals surface area contributed by atoms with Gasteiger partial charge in [0.25, 0.3) is 0 Å². The second kappa shape index (κ2) is 6.78. The van der Waals surface area contributed by atoms with Crippen LogP contribution in [0.3, 0.4) is 0 Å². The molecule has 7 heteroatoms. The molecule has 2 aromatic carbocycles. The first-order valence-electron chi connectivity index (χ1n) is 5.90. The number of hydrogen-bond acceptors (Lipinski definition) is 4. The molecule has 0 spiro atoms. The average Bonchev–Trinajstić information content (AvgIpc) is 2.47. The number of nitro groups is 1. The summed E-state index contributed by atoms with van der Waals surface area (Å²) in [6.07, 6.45) is 0. The molecular weight excluding hydrogens is 362 g/mol. The molecule has 0 aromatic heterocycles. The highest BCUT2D eigenvalue weighted by atomic mass is 79.9. The number of alkyl halides is 1. The summed E-state index contributed by atoms with van der Waals surface area (Å²) in [6.45, 7) is 0. The van der Waals surface area contributed by atoms with Gasteiger partial charge < -0.3 is 9.47 Å². The van der Waals surface area contributed by atoms with E-state index in [1.165, 1.54) is 19.2 Å². The van der Waals surface area contributed by atoms with Crippen LogP contribution < -0.4 is 9.47 Å². The zero-order chi connectivity index (χ0) is 15.4. The number of ether oxygens (including phenoxy) is 2. The highest BCUT2D eigenvalue weighted by molar-refractivity contribution is 9.10. The fourth-order valence-electron chi connectivity index (χ4n) is 1.71. The maximum Gasteiger partial charge on any atom is 0.314 e. The average molecular weight is 373 g/mol. The Morgan fingerprint density at radius 2 is 1.90 bits per heavy atom. The van der Waals surface area contributed by atoms with E-state index in [4.69, 9.17) is 21.1 Å². The first-order chi connectivity index (χ1) is 10.0. The summed E-state index contributed by atoms with van der Waals surface area (Å²) in [5.41, 5.74) is 0.788. The lowest BCUT2D eigenvalue weighted by atomic mass is 10.2. The first-order valence-corrected chi connectivity index (χ1v) is 7.22. The second-order valence-electron chi connectivity index (χ2n) is 4.08. The summed E-state index contributed by atoms with van der Waals surface area (Å²) in [6, 6.07) is 9.75. The predicted octanol–water partition coefficient (Wildman–Crippen LogP) is 4.90. The summed E-state index contributed by atoms with van der Waals surface area (Å²) in [5.74, 6) is 1.48. The van der Waals surface area contributed by atoms with E-state index < -0.39 is 4.92 Å². The van der Waals surface area contributed by atoms with E-state index in [9.17, 15) is 10.1 Å². The maximum absolute atomic E-state index is 11.0. The van der Waals surface area contributed by atoms with Crippen LogP contribution in [-0.2, 0) is 5.88 Å². The third-order valence-corrected chi connectivity index (χ3v) is 3.78. The van der Waals surface area contributed by atoms with E-state index in [-0.39, 0.29) is 11.4 Å². The van der Waals surface area contributed by atoms with Gasteiger partial charge in [-0.2, -0.15) is 0 Å². The Hall–Kier alpha value is -1.79. The van der Waals surface area contributed by atoms with Gasteiger partial charge in [0.05, 0.1) is 18.1 Å². The molecule has 2 rings (SSSR count). The zero-order valence-corrected chi connectivity index (χ0v) is 13.3. The summed E-state index contributed by atoms with van der Waals surface area (Å²) in [4.78, 5) is 10.5. The minimum atomic E-state index is -0.516. The van der Waals surface area contributed by atoms with Crippen molar-refractivity contribution in [3.8, 4) is 17.2 Å². The molecule has 0 atom stereocenters. The second-order valence-corrected chi connectivity index (χ2v) is 5.20. The molecule has 21 heavy (non-hydrogen) atoms. The van der Waals surface area contributed by atoms with Crippen molar-refractivity contribution in [1.29, 1.82) is 0 Å². The van der Waals surface area contributed by atoms with E-state index >= 15 is 0 Å². The van der Waals surface area contributed by atoms with E-state index in [2.05, 4.69) is 15.9 Å². The number of hydrogen-bond donors (Lipinski definition) is 0. The van der Waals surface area contributed by atoms with Crippen molar-refractivity contribution >= 4 is 33.2 Å². The van der Waals surface area contributed by atoms with E-state index in [0.717, 1.165) is 10.0 Å². The first kappa shape index (κ1) is 15.6. The van der Waals surface area contributed by atoms with Crippen molar-refractivity contribution in [2.45, 2.75) is 5.88 Å². The third kappa shape index (κ3) is 3.65. The molecular formula is C14H11BrClNO4. The summed E-state index contributed by atoms with van der Waals surface area (Å²) in [5, 5.41) is 11.0. The Morgan fingerprint density at radius 1 is 1.24 bits per heavy atom. The molecule has 2 aromatic rings. The molecule has 0 saturated heterocycles. The van der Waals surface area contributed by atoms with Crippen LogP contribution in [0, 0.1) is 10.1 Å². The fraction of sp³-hybridized carbons (Fsp3) is 0.143. The number of benzene rings is 2. The quantitative estimate of drug-likeness (QED) is 0.425. The Morgan fingerprint density at radius 3 is 2.48 bits per heavy atom. The molecule has 0 heterocycles. The van der Waals surface area contributed by atoms with Crippen LogP contribution in [-0.4, -0.2) is 12.0 Å². The van der Waals surface area contributed by atoms with E-state index in [1.807, 2.05) is 6.07 Å². The highest BCUT2D eigenvalue weighted by Gasteiger charge is 2.16. The van der Waals surface area contributed by atoms with Crippen LogP contribution in [0.1, 0.15) is 5.56 Å². The molecule has 5 nitrogen and oxygen atoms in total. The van der Waals surface area contributed by atoms with Crippen LogP contribution >= 0.6 is 27.5 Å². The van der Waals surface area contributed by atoms with Crippen molar-refractivity contribution < 1.29 is 14.4 Å². The Labute approximate surface area is 134 Å². The van der Waals surface area contributed by atoms with Crippen molar-refractivity contribution in [3.63, 3.8) is 0 Å². The molecule has 0 amide bonds. The van der Waals surface area contributed by atoms with Crippen LogP contribution in [0.25, 0.3) is 0 Å². The summed E-state index contributed by atoms with van der Waals surface area (Å²) < 4.78 is 11.4. The maximum atomic E-state index is 11.0. The minimum Gasteiger partial charge on any atom is -0.490 e. The van der Waals surface area contributed by atoms with E-state index in [1.54, 1.807) is 18.2 Å². The molecule has 0 aliphatic carbocycles. The molecule has 0 radical (unpaired) electrons. The van der Waals surface area contributed by atoms with Crippen molar-refractivity contribution in [3.05, 3.63) is 56.5 Å². The standard InChI is InChI=1S/C14H11BrClNO4/c1-20-14-5-4-11(7-13(14)17(18)19)21-10-3-2-9(8-16)12(15)6-10/h2-7H,8H2,1H3. The van der Waals surface area contributed by atoms with Crippen LogP contribution in [0.4, 0.5) is 5.69 Å². The molecule has 0 saturated carbocycles. The van der Waals surface area contributed by atoms with E-state index in [0.29, 0.717) is 17.4 Å². The SMILES string of the molecule is COc1ccc(Oc2ccc(CCl)c(Br)c2)cc1[N+](=O)[O-]. The van der Waals surface area contributed by atoms with Crippen LogP contribution in [0.5, 0.6) is 17.2 Å². The largest absolute Gasteiger partial charge is 0.490 e. The minimum absolute atomic E-state index is 0.147. The number of nitro benzene ring substituents is 1. The van der Waals surface area contributed by atoms with Gasteiger partial charge in [0.15, 0.2) is 5.75 Å². The highest BCUT2D eigenvalue weighted by Crippen LogP contribution is 2.34. The van der Waals surface area contributed by atoms with Crippen LogP contribution in [0.2, 0.25) is 0 Å². The number of nitrogens with zero attached hydrogens (tertiary/aromatic N) is 1. The Kier molecular flexibility index (Phi) is 5.03. The molecule has 0 bridgehead atoms. The molecule has 0 aliphatic rings. The molecule has 0 fully saturated rings. The Bertz CT molecular complexity index is 678. The monoisotopic (exact) mass is 371 g/mol. The van der Waals surface area contributed by atoms with Gasteiger partial charge in [0.1, 0.15) is 11.5 Å². The van der Waals surface area contributed by atoms with Crippen molar-refractivity contribution in [2.75, 3.05) is 7.11 Å². The zero-order valence-electron chi connectivity index (χ0n) is 11.0. The van der Waals surface area contributed by atoms with Gasteiger partial charge in [-0.15, -0.1) is 11.6 Å². The molecule has 110 valence electrons. The van der Waals surface area contributed by atoms with Gasteiger partial charge in [-0.25, -0.2) is 0 Å². The van der Waals surface area contributed by atoms with Gasteiger partial charge in [-0.1, -0.05) is 22.0 Å². The Balaban J connectivity index is 2.29. The fourth-order valence-corrected chi connectivity index (χ4v) is 2.60. The normalized spacial score (nSPS) is 10.2. The lowest BCUT2D eigenvalue weighted by Gasteiger charge is -2.09. The molecule has 0 aliphatic heterocycles. The van der Waals surface area contributed by atoms with Gasteiger partial charge in [0.2, 0.25) is 0 Å². The van der Waals surface area contributed by atoms with Gasteiger partial charge in [0, 0.05) is 10.4 Å². The van der Waals surface area contributed by atoms with Crippen LogP contribution in [0.15, 0.2) is 40.9 Å². The number of methoxy groups -OCH3 is 1. The van der Waals surface area contributed by atoms with Gasteiger partial charge in [-0.05, 0) is 29.8 Å². The van der Waals surface area contributed by atoms with Crippen molar-refractivity contribution in [1.82, 2.24) is 0 Å². The van der Waals surface area contributed by atoms with Gasteiger partial charge >= 0.3 is 5.69 Å². The van der Waals surface area contributed by atoms with Crippen molar-refractivity contribution in [2.24, 2.45) is 0 Å². The summed E-state index contributed by atoms with van der Waals surface area (Å²) in [7, 11) is 1.38. The number of halogens is 2. The number of rotatable bonds is 5. The molecule has 0 unspecified atom stereocenters. The summed E-state index contributed by atoms with van der Waals surface area (Å²) >= 11 is 9.16. The topological polar surface area (TPSA) is 61.6 Å². The molecule has 0 N–H and O–H groups in total. The predicted molar refractivity (Wildman–Crippen MR) is 83.4 cm³/mol.